The van der Waals surface area contributed by atoms with Gasteiger partial charge in [0.1, 0.15) is 0 Å². The summed E-state index contributed by atoms with van der Waals surface area (Å²) in [6, 6.07) is 6.56. The first-order valence-electron chi connectivity index (χ1n) is 4.22. The van der Waals surface area contributed by atoms with E-state index in [0.29, 0.717) is 5.69 Å². The van der Waals surface area contributed by atoms with Crippen LogP contribution < -0.4 is 5.54 Å². The minimum absolute atomic E-state index is 0.577. The van der Waals surface area contributed by atoms with Crippen LogP contribution in [0.5, 0.6) is 0 Å². The van der Waals surface area contributed by atoms with Crippen molar-refractivity contribution in [2.45, 2.75) is 26.7 Å². The largest absolute Gasteiger partial charge is 0.224 e. The molecule has 1 radical (unpaired) electrons. The summed E-state index contributed by atoms with van der Waals surface area (Å²) in [4.78, 5) is 0. The summed E-state index contributed by atoms with van der Waals surface area (Å²) in [6.07, 6.45) is 1.74. The van der Waals surface area contributed by atoms with Crippen molar-refractivity contribution in [1.29, 1.82) is 0 Å². The van der Waals surface area contributed by atoms with E-state index in [9.17, 15) is 4.48 Å². The van der Waals surface area contributed by atoms with Crippen molar-refractivity contribution >= 4 is 5.69 Å². The zero-order valence-corrected chi connectivity index (χ0v) is 7.45. The predicted molar refractivity (Wildman–Crippen MR) is 48.8 cm³/mol. The van der Waals surface area contributed by atoms with E-state index in [-0.39, 0.29) is 0 Å². The highest BCUT2D eigenvalue weighted by Gasteiger charge is 2.04. The molecule has 0 spiro atoms. The van der Waals surface area contributed by atoms with Gasteiger partial charge in [0.05, 0.1) is 5.69 Å². The molecule has 1 N–H and O–H groups in total. The highest BCUT2D eigenvalue weighted by Crippen LogP contribution is 2.20. The number of benzene rings is 1. The van der Waals surface area contributed by atoms with Crippen LogP contribution in [0.2, 0.25) is 0 Å². The van der Waals surface area contributed by atoms with Crippen molar-refractivity contribution in [2.24, 2.45) is 0 Å². The Morgan fingerprint density at radius 1 is 1.42 bits per heavy atom. The summed E-state index contributed by atoms with van der Waals surface area (Å²) in [5.41, 5.74) is 4.41. The summed E-state index contributed by atoms with van der Waals surface area (Å²) in [5, 5.41) is 0. The molecule has 0 bridgehead atoms. The van der Waals surface area contributed by atoms with Crippen molar-refractivity contribution in [3.05, 3.63) is 29.3 Å². The molecule has 0 fully saturated rings. The molecular weight excluding hydrogens is 153 g/mol. The number of aryl methyl sites for hydroxylation is 1. The number of hydrogen-bond donors (Lipinski definition) is 1. The maximum atomic E-state index is 12.2. The number of anilines is 1. The van der Waals surface area contributed by atoms with E-state index >= 15 is 0 Å². The summed E-state index contributed by atoms with van der Waals surface area (Å²) in [5.74, 6) is 0. The molecule has 0 aliphatic rings. The standard InChI is InChI=1S/C10H13FN/c1-3-8-6-5-7-10(12-11)9(8)4-2/h5,7,12H,3-4H2,1-2H3. The topological polar surface area (TPSA) is 12.0 Å². The van der Waals surface area contributed by atoms with Crippen molar-refractivity contribution in [3.63, 3.8) is 0 Å². The van der Waals surface area contributed by atoms with Crippen LogP contribution >= 0.6 is 0 Å². The van der Waals surface area contributed by atoms with Gasteiger partial charge in [-0.3, -0.25) is 0 Å². The molecule has 12 heavy (non-hydrogen) atoms. The molecule has 0 aromatic heterocycles. The Morgan fingerprint density at radius 2 is 2.17 bits per heavy atom. The fraction of sp³-hybridized carbons (Fsp3) is 0.400. The summed E-state index contributed by atoms with van der Waals surface area (Å²) in [7, 11) is 0. The molecule has 1 nitrogen and oxygen atoms in total. The monoisotopic (exact) mass is 166 g/mol. The highest BCUT2D eigenvalue weighted by atomic mass is 19.2. The number of halogens is 1. The number of hydrogen-bond acceptors (Lipinski definition) is 1. The molecule has 1 aromatic rings. The van der Waals surface area contributed by atoms with Gasteiger partial charge in [-0.2, -0.15) is 0 Å². The molecule has 0 heterocycles. The zero-order valence-electron chi connectivity index (χ0n) is 7.45. The molecule has 0 aliphatic heterocycles. The zero-order chi connectivity index (χ0) is 8.97. The van der Waals surface area contributed by atoms with E-state index in [2.05, 4.69) is 6.07 Å². The number of nitrogens with one attached hydrogen (secondary N) is 1. The summed E-state index contributed by atoms with van der Waals surface area (Å²) >= 11 is 0. The molecule has 0 saturated heterocycles. The van der Waals surface area contributed by atoms with Crippen LogP contribution in [0.15, 0.2) is 12.1 Å². The molecule has 0 unspecified atom stereocenters. The Labute approximate surface area is 72.5 Å². The van der Waals surface area contributed by atoms with Crippen LogP contribution in [0.3, 0.4) is 0 Å². The Hall–Kier alpha value is -1.05. The van der Waals surface area contributed by atoms with E-state index in [0.717, 1.165) is 24.0 Å². The van der Waals surface area contributed by atoms with Gasteiger partial charge < -0.3 is 0 Å². The summed E-state index contributed by atoms with van der Waals surface area (Å²) < 4.78 is 12.2. The van der Waals surface area contributed by atoms with Crippen LogP contribution in [0, 0.1) is 6.07 Å². The molecule has 1 aromatic carbocycles. The average Bonchev–Trinajstić information content (AvgIpc) is 2.16. The Morgan fingerprint density at radius 3 is 2.67 bits per heavy atom. The van der Waals surface area contributed by atoms with Gasteiger partial charge in [0.25, 0.3) is 0 Å². The molecule has 0 aliphatic carbocycles. The van der Waals surface area contributed by atoms with Gasteiger partial charge in [-0.1, -0.05) is 19.9 Å². The summed E-state index contributed by atoms with van der Waals surface area (Å²) in [6.45, 7) is 4.07. The maximum Gasteiger partial charge on any atom is 0.0690 e. The normalized spacial score (nSPS) is 9.92. The minimum Gasteiger partial charge on any atom is -0.224 e. The van der Waals surface area contributed by atoms with Crippen LogP contribution in [0.4, 0.5) is 10.2 Å². The maximum absolute atomic E-state index is 12.2. The van der Waals surface area contributed by atoms with Crippen molar-refractivity contribution in [3.8, 4) is 0 Å². The van der Waals surface area contributed by atoms with E-state index in [1.54, 1.807) is 17.7 Å². The van der Waals surface area contributed by atoms with Crippen LogP contribution in [-0.4, -0.2) is 0 Å². The van der Waals surface area contributed by atoms with E-state index in [4.69, 9.17) is 0 Å². The number of rotatable bonds is 3. The van der Waals surface area contributed by atoms with Crippen molar-refractivity contribution in [1.82, 2.24) is 0 Å². The lowest BCUT2D eigenvalue weighted by Crippen LogP contribution is -1.96. The van der Waals surface area contributed by atoms with E-state index in [1.165, 1.54) is 0 Å². The highest BCUT2D eigenvalue weighted by molar-refractivity contribution is 5.52. The Kier molecular flexibility index (Phi) is 3.09. The van der Waals surface area contributed by atoms with Crippen LogP contribution in [-0.2, 0) is 12.8 Å². The van der Waals surface area contributed by atoms with Gasteiger partial charge in [0, 0.05) is 0 Å². The predicted octanol–water partition coefficient (Wildman–Crippen LogP) is 2.91. The molecule has 0 amide bonds. The molecule has 2 heteroatoms. The van der Waals surface area contributed by atoms with E-state index in [1.807, 2.05) is 13.8 Å². The third-order valence-corrected chi connectivity index (χ3v) is 2.01. The average molecular weight is 166 g/mol. The van der Waals surface area contributed by atoms with E-state index < -0.39 is 0 Å². The molecule has 1 rings (SSSR count). The van der Waals surface area contributed by atoms with Gasteiger partial charge in [-0.15, -0.1) is 4.48 Å². The second kappa shape index (κ2) is 4.10. The first-order chi connectivity index (χ1) is 5.83. The van der Waals surface area contributed by atoms with Crippen molar-refractivity contribution < 1.29 is 4.48 Å². The first kappa shape index (κ1) is 9.04. The molecular formula is C10H13FN. The third-order valence-electron chi connectivity index (χ3n) is 2.01. The lowest BCUT2D eigenvalue weighted by molar-refractivity contribution is 0.615. The third kappa shape index (κ3) is 1.58. The lowest BCUT2D eigenvalue weighted by atomic mass is 10.0. The SMILES string of the molecule is CCc1[c]ccc(NF)c1CC. The van der Waals surface area contributed by atoms with Gasteiger partial charge in [-0.05, 0) is 36.1 Å². The molecule has 0 saturated carbocycles. The second-order valence-electron chi connectivity index (χ2n) is 2.65. The Balaban J connectivity index is 3.13. The molecule has 65 valence electrons. The van der Waals surface area contributed by atoms with Crippen LogP contribution in [0.1, 0.15) is 25.0 Å². The molecule has 0 atom stereocenters. The second-order valence-corrected chi connectivity index (χ2v) is 2.65. The minimum atomic E-state index is 0.577. The fourth-order valence-electron chi connectivity index (χ4n) is 1.38. The fourth-order valence-corrected chi connectivity index (χ4v) is 1.38. The van der Waals surface area contributed by atoms with Gasteiger partial charge in [-0.25, -0.2) is 5.54 Å². The Bertz CT molecular complexity index is 236. The van der Waals surface area contributed by atoms with Gasteiger partial charge in [0.2, 0.25) is 0 Å². The van der Waals surface area contributed by atoms with Gasteiger partial charge in [0.15, 0.2) is 0 Å². The quantitative estimate of drug-likeness (QED) is 0.681. The van der Waals surface area contributed by atoms with Gasteiger partial charge >= 0.3 is 0 Å². The first-order valence-corrected chi connectivity index (χ1v) is 4.22. The smallest absolute Gasteiger partial charge is 0.0690 e. The lowest BCUT2D eigenvalue weighted by Gasteiger charge is -2.08. The van der Waals surface area contributed by atoms with Crippen LogP contribution in [0.25, 0.3) is 0 Å². The van der Waals surface area contributed by atoms with Crippen molar-refractivity contribution in [2.75, 3.05) is 5.54 Å².